The summed E-state index contributed by atoms with van der Waals surface area (Å²) >= 11 is 0. The van der Waals surface area contributed by atoms with Gasteiger partial charge in [-0.1, -0.05) is 20.8 Å². The highest BCUT2D eigenvalue weighted by Gasteiger charge is 2.21. The second-order valence-corrected chi connectivity index (χ2v) is 5.96. The van der Waals surface area contributed by atoms with Gasteiger partial charge in [-0.3, -0.25) is 4.90 Å². The summed E-state index contributed by atoms with van der Waals surface area (Å²) < 4.78 is 0. The van der Waals surface area contributed by atoms with Gasteiger partial charge in [-0.2, -0.15) is 0 Å². The topological polar surface area (TPSA) is 15.3 Å². The van der Waals surface area contributed by atoms with E-state index in [1.165, 1.54) is 38.9 Å². The molecule has 2 heteroatoms. The maximum atomic E-state index is 3.56. The van der Waals surface area contributed by atoms with Gasteiger partial charge < -0.3 is 5.32 Å². The van der Waals surface area contributed by atoms with E-state index in [1.54, 1.807) is 0 Å². The number of piperidine rings is 1. The van der Waals surface area contributed by atoms with Crippen LogP contribution in [0, 0.1) is 11.8 Å². The molecule has 0 aromatic heterocycles. The van der Waals surface area contributed by atoms with Crippen LogP contribution in [0.25, 0.3) is 0 Å². The van der Waals surface area contributed by atoms with E-state index in [1.807, 2.05) is 0 Å². The van der Waals surface area contributed by atoms with Crippen molar-refractivity contribution in [3.05, 3.63) is 0 Å². The zero-order chi connectivity index (χ0) is 12.0. The van der Waals surface area contributed by atoms with E-state index in [0.29, 0.717) is 0 Å². The molecule has 0 aliphatic carbocycles. The summed E-state index contributed by atoms with van der Waals surface area (Å²) in [4.78, 5) is 2.65. The van der Waals surface area contributed by atoms with Crippen LogP contribution in [0.4, 0.5) is 0 Å². The van der Waals surface area contributed by atoms with Gasteiger partial charge in [0.05, 0.1) is 0 Å². The molecule has 96 valence electrons. The van der Waals surface area contributed by atoms with E-state index in [-0.39, 0.29) is 0 Å². The number of nitrogens with one attached hydrogen (secondary N) is 1. The fraction of sp³-hybridized carbons (Fsp3) is 1.00. The lowest BCUT2D eigenvalue weighted by Crippen LogP contribution is -2.44. The maximum Gasteiger partial charge on any atom is 0.0110 e. The van der Waals surface area contributed by atoms with Crippen LogP contribution in [-0.4, -0.2) is 37.1 Å². The van der Waals surface area contributed by atoms with E-state index in [4.69, 9.17) is 0 Å². The minimum absolute atomic E-state index is 0.795. The van der Waals surface area contributed by atoms with Gasteiger partial charge >= 0.3 is 0 Å². The minimum atomic E-state index is 0.795. The van der Waals surface area contributed by atoms with Gasteiger partial charge in [0.15, 0.2) is 0 Å². The number of hydrogen-bond donors (Lipinski definition) is 1. The molecule has 0 bridgehead atoms. The molecule has 0 radical (unpaired) electrons. The van der Waals surface area contributed by atoms with Crippen molar-refractivity contribution in [3.8, 4) is 0 Å². The Kier molecular flexibility index (Phi) is 6.37. The molecular formula is C14H30N2. The fourth-order valence-electron chi connectivity index (χ4n) is 2.43. The van der Waals surface area contributed by atoms with Crippen molar-refractivity contribution < 1.29 is 0 Å². The zero-order valence-electron chi connectivity index (χ0n) is 11.6. The van der Waals surface area contributed by atoms with Crippen molar-refractivity contribution in [1.82, 2.24) is 10.2 Å². The van der Waals surface area contributed by atoms with E-state index < -0.39 is 0 Å². The van der Waals surface area contributed by atoms with Crippen molar-refractivity contribution in [2.24, 2.45) is 11.8 Å². The Bertz CT molecular complexity index is 180. The van der Waals surface area contributed by atoms with Gasteiger partial charge in [-0.15, -0.1) is 0 Å². The highest BCUT2D eigenvalue weighted by Crippen LogP contribution is 2.20. The van der Waals surface area contributed by atoms with Gasteiger partial charge in [-0.05, 0) is 44.6 Å². The predicted octanol–water partition coefficient (Wildman–Crippen LogP) is 2.74. The van der Waals surface area contributed by atoms with Crippen LogP contribution in [0.3, 0.4) is 0 Å². The number of likely N-dealkylation sites (tertiary alicyclic amines) is 1. The Morgan fingerprint density at radius 3 is 2.62 bits per heavy atom. The summed E-state index contributed by atoms with van der Waals surface area (Å²) in [6.07, 6.45) is 4.09. The Morgan fingerprint density at radius 2 is 1.94 bits per heavy atom. The lowest BCUT2D eigenvalue weighted by Gasteiger charge is -2.36. The number of hydrogen-bond acceptors (Lipinski definition) is 2. The molecule has 1 rings (SSSR count). The van der Waals surface area contributed by atoms with Crippen molar-refractivity contribution in [2.45, 2.75) is 53.0 Å². The summed E-state index contributed by atoms with van der Waals surface area (Å²) in [5.74, 6) is 1.72. The first kappa shape index (κ1) is 14.0. The molecular weight excluding hydrogens is 196 g/mol. The molecule has 0 amide bonds. The Hall–Kier alpha value is -0.0800. The standard InChI is InChI=1S/C14H30N2/c1-12(2)7-8-15-9-10-16-11-13(3)5-6-14(16)4/h12-15H,5-11H2,1-4H3. The molecule has 2 unspecified atom stereocenters. The normalized spacial score (nSPS) is 27.6. The monoisotopic (exact) mass is 226 g/mol. The quantitative estimate of drug-likeness (QED) is 0.701. The van der Waals surface area contributed by atoms with Crippen LogP contribution < -0.4 is 5.32 Å². The molecule has 0 aromatic rings. The van der Waals surface area contributed by atoms with Gasteiger partial charge in [0.2, 0.25) is 0 Å². The van der Waals surface area contributed by atoms with E-state index in [9.17, 15) is 0 Å². The lowest BCUT2D eigenvalue weighted by molar-refractivity contribution is 0.126. The average molecular weight is 226 g/mol. The molecule has 1 aliphatic rings. The first-order chi connectivity index (χ1) is 7.59. The minimum Gasteiger partial charge on any atom is -0.315 e. The van der Waals surface area contributed by atoms with Crippen LogP contribution in [-0.2, 0) is 0 Å². The SMILES string of the molecule is CC(C)CCNCCN1CC(C)CCC1C. The van der Waals surface area contributed by atoms with E-state index >= 15 is 0 Å². The molecule has 1 fully saturated rings. The largest absolute Gasteiger partial charge is 0.315 e. The molecule has 0 aromatic carbocycles. The molecule has 2 nitrogen and oxygen atoms in total. The van der Waals surface area contributed by atoms with E-state index in [2.05, 4.69) is 37.9 Å². The molecule has 16 heavy (non-hydrogen) atoms. The third-order valence-corrected chi connectivity index (χ3v) is 3.72. The number of rotatable bonds is 6. The van der Waals surface area contributed by atoms with Crippen molar-refractivity contribution in [2.75, 3.05) is 26.2 Å². The molecule has 1 aliphatic heterocycles. The third kappa shape index (κ3) is 5.31. The summed E-state index contributed by atoms with van der Waals surface area (Å²) in [7, 11) is 0. The molecule has 1 N–H and O–H groups in total. The highest BCUT2D eigenvalue weighted by molar-refractivity contribution is 4.77. The summed E-state index contributed by atoms with van der Waals surface area (Å²) in [5, 5.41) is 3.56. The van der Waals surface area contributed by atoms with Crippen molar-refractivity contribution in [3.63, 3.8) is 0 Å². The van der Waals surface area contributed by atoms with Crippen LogP contribution in [0.1, 0.15) is 47.0 Å². The van der Waals surface area contributed by atoms with Crippen molar-refractivity contribution in [1.29, 1.82) is 0 Å². The first-order valence-electron chi connectivity index (χ1n) is 7.04. The van der Waals surface area contributed by atoms with Gasteiger partial charge in [0, 0.05) is 25.7 Å². The molecule has 1 heterocycles. The molecule has 0 saturated carbocycles. The predicted molar refractivity (Wildman–Crippen MR) is 71.8 cm³/mol. The Balaban J connectivity index is 2.07. The van der Waals surface area contributed by atoms with Crippen LogP contribution in [0.15, 0.2) is 0 Å². The zero-order valence-corrected chi connectivity index (χ0v) is 11.6. The number of nitrogens with zero attached hydrogens (tertiary/aromatic N) is 1. The van der Waals surface area contributed by atoms with Crippen molar-refractivity contribution >= 4 is 0 Å². The van der Waals surface area contributed by atoms with Crippen LogP contribution in [0.2, 0.25) is 0 Å². The second-order valence-electron chi connectivity index (χ2n) is 5.96. The summed E-state index contributed by atoms with van der Waals surface area (Å²) in [6.45, 7) is 14.2. The summed E-state index contributed by atoms with van der Waals surface area (Å²) in [6, 6.07) is 0.795. The third-order valence-electron chi connectivity index (χ3n) is 3.72. The van der Waals surface area contributed by atoms with Gasteiger partial charge in [0.25, 0.3) is 0 Å². The Labute approximate surface area is 102 Å². The highest BCUT2D eigenvalue weighted by atomic mass is 15.2. The summed E-state index contributed by atoms with van der Waals surface area (Å²) in [5.41, 5.74) is 0. The van der Waals surface area contributed by atoms with E-state index in [0.717, 1.165) is 24.4 Å². The first-order valence-corrected chi connectivity index (χ1v) is 7.04. The van der Waals surface area contributed by atoms with Gasteiger partial charge in [0.1, 0.15) is 0 Å². The van der Waals surface area contributed by atoms with Crippen LogP contribution >= 0.6 is 0 Å². The fourth-order valence-corrected chi connectivity index (χ4v) is 2.43. The smallest absolute Gasteiger partial charge is 0.0110 e. The molecule has 2 atom stereocenters. The van der Waals surface area contributed by atoms with Gasteiger partial charge in [-0.25, -0.2) is 0 Å². The average Bonchev–Trinajstić information content (AvgIpc) is 2.22. The maximum absolute atomic E-state index is 3.56. The Morgan fingerprint density at radius 1 is 1.19 bits per heavy atom. The second kappa shape index (κ2) is 7.29. The molecule has 1 saturated heterocycles. The lowest BCUT2D eigenvalue weighted by atomic mass is 9.95. The molecule has 0 spiro atoms. The van der Waals surface area contributed by atoms with Crippen LogP contribution in [0.5, 0.6) is 0 Å².